The quantitative estimate of drug-likeness (QED) is 0.711. The molecular weight excluding hydrogens is 328 g/mol. The molecule has 2 atom stereocenters. The number of amides is 3. The van der Waals surface area contributed by atoms with Crippen LogP contribution in [-0.2, 0) is 4.79 Å². The smallest absolute Gasteiger partial charge is 0.315 e. The van der Waals surface area contributed by atoms with Crippen LogP contribution < -0.4 is 15.5 Å². The number of carbonyl (C=O) groups is 2. The summed E-state index contributed by atoms with van der Waals surface area (Å²) >= 11 is 0. The number of anilines is 1. The van der Waals surface area contributed by atoms with Gasteiger partial charge in [0.15, 0.2) is 0 Å². The average Bonchev–Trinajstić information content (AvgIpc) is 2.99. The number of hydrogen-bond acceptors (Lipinski definition) is 3. The van der Waals surface area contributed by atoms with Gasteiger partial charge >= 0.3 is 6.03 Å². The van der Waals surface area contributed by atoms with Crippen LogP contribution in [0.1, 0.15) is 40.0 Å². The van der Waals surface area contributed by atoms with E-state index in [-0.39, 0.29) is 24.0 Å². The van der Waals surface area contributed by atoms with E-state index in [0.29, 0.717) is 13.0 Å². The molecule has 6 nitrogen and oxygen atoms in total. The molecule has 3 amide bonds. The summed E-state index contributed by atoms with van der Waals surface area (Å²) in [5.41, 5.74) is 0.881. The second-order valence-corrected chi connectivity index (χ2v) is 6.93. The monoisotopic (exact) mass is 360 g/mol. The van der Waals surface area contributed by atoms with Gasteiger partial charge in [0, 0.05) is 24.7 Å². The minimum absolute atomic E-state index is 0.0498. The Hall–Kier alpha value is -2.08. The van der Waals surface area contributed by atoms with Crippen molar-refractivity contribution in [1.82, 2.24) is 15.5 Å². The Labute approximate surface area is 156 Å². The average molecular weight is 361 g/mol. The van der Waals surface area contributed by atoms with Crippen molar-refractivity contribution in [1.29, 1.82) is 0 Å². The Morgan fingerprint density at radius 1 is 1.27 bits per heavy atom. The highest BCUT2D eigenvalue weighted by Crippen LogP contribution is 2.20. The molecule has 0 spiro atoms. The zero-order valence-corrected chi connectivity index (χ0v) is 16.2. The van der Waals surface area contributed by atoms with Gasteiger partial charge in [-0.3, -0.25) is 4.79 Å². The van der Waals surface area contributed by atoms with E-state index in [4.69, 9.17) is 0 Å². The lowest BCUT2D eigenvalue weighted by atomic mass is 10.2. The van der Waals surface area contributed by atoms with Gasteiger partial charge in [-0.05, 0) is 51.5 Å². The zero-order valence-electron chi connectivity index (χ0n) is 16.2. The topological polar surface area (TPSA) is 64.7 Å². The molecule has 1 heterocycles. The van der Waals surface area contributed by atoms with Gasteiger partial charge in [0.05, 0.1) is 6.04 Å². The molecule has 0 radical (unpaired) electrons. The molecule has 1 aromatic rings. The van der Waals surface area contributed by atoms with Crippen molar-refractivity contribution in [2.24, 2.45) is 0 Å². The molecule has 1 aromatic carbocycles. The Morgan fingerprint density at radius 3 is 2.62 bits per heavy atom. The van der Waals surface area contributed by atoms with E-state index < -0.39 is 0 Å². The Morgan fingerprint density at radius 2 is 1.96 bits per heavy atom. The third-order valence-electron chi connectivity index (χ3n) is 4.91. The molecule has 0 saturated carbocycles. The Bertz CT molecular complexity index is 574. The highest BCUT2D eigenvalue weighted by Gasteiger charge is 2.31. The molecule has 2 rings (SSSR count). The molecule has 0 aliphatic carbocycles. The number of para-hydroxylation sites is 1. The van der Waals surface area contributed by atoms with E-state index in [9.17, 15) is 9.59 Å². The second-order valence-electron chi connectivity index (χ2n) is 6.93. The minimum Gasteiger partial charge on any atom is -0.336 e. The van der Waals surface area contributed by atoms with Crippen LogP contribution in [0.25, 0.3) is 0 Å². The van der Waals surface area contributed by atoms with E-state index in [0.717, 1.165) is 38.2 Å². The maximum atomic E-state index is 12.2. The van der Waals surface area contributed by atoms with E-state index in [1.807, 2.05) is 37.3 Å². The number of urea groups is 1. The van der Waals surface area contributed by atoms with Gasteiger partial charge < -0.3 is 20.4 Å². The molecule has 0 bridgehead atoms. The predicted molar refractivity (Wildman–Crippen MR) is 105 cm³/mol. The van der Waals surface area contributed by atoms with Gasteiger partial charge in [0.2, 0.25) is 5.91 Å². The minimum atomic E-state index is -0.187. The van der Waals surface area contributed by atoms with Gasteiger partial charge in [-0.2, -0.15) is 0 Å². The largest absolute Gasteiger partial charge is 0.336 e. The van der Waals surface area contributed by atoms with Crippen LogP contribution in [0.2, 0.25) is 0 Å². The van der Waals surface area contributed by atoms with Crippen LogP contribution >= 0.6 is 0 Å². The van der Waals surface area contributed by atoms with Crippen molar-refractivity contribution in [2.45, 2.75) is 52.1 Å². The zero-order chi connectivity index (χ0) is 18.9. The molecule has 0 aromatic heterocycles. The van der Waals surface area contributed by atoms with Crippen molar-refractivity contribution in [3.05, 3.63) is 30.3 Å². The van der Waals surface area contributed by atoms with Crippen LogP contribution in [0.4, 0.5) is 10.5 Å². The predicted octanol–water partition coefficient (Wildman–Crippen LogP) is 2.60. The van der Waals surface area contributed by atoms with Gasteiger partial charge in [0.25, 0.3) is 0 Å². The maximum Gasteiger partial charge on any atom is 0.315 e. The first kappa shape index (κ1) is 20.2. The van der Waals surface area contributed by atoms with Gasteiger partial charge in [-0.1, -0.05) is 32.0 Å². The van der Waals surface area contributed by atoms with Crippen LogP contribution in [0.3, 0.4) is 0 Å². The number of nitrogens with zero attached hydrogens (tertiary/aromatic N) is 2. The number of benzene rings is 1. The highest BCUT2D eigenvalue weighted by molar-refractivity contribution is 5.96. The molecular formula is C20H32N4O2. The lowest BCUT2D eigenvalue weighted by molar-refractivity contribution is -0.117. The van der Waals surface area contributed by atoms with Crippen molar-refractivity contribution < 1.29 is 9.59 Å². The fourth-order valence-electron chi connectivity index (χ4n) is 3.35. The molecule has 1 fully saturated rings. The molecule has 2 N–H and O–H groups in total. The summed E-state index contributed by atoms with van der Waals surface area (Å²) < 4.78 is 0. The standard InChI is InChI=1S/C20H32N4O2/c1-4-23(5-2)13-9-10-16(3)21-20(26)22-17-14-19(25)24(15-17)18-11-7-6-8-12-18/h6-8,11-12,16-17H,4-5,9-10,13-15H2,1-3H3,(H2,21,22,26)/t16-,17-/m1/s1. The molecule has 1 aliphatic heterocycles. The Balaban J connectivity index is 1.72. The van der Waals surface area contributed by atoms with Crippen LogP contribution in [0.5, 0.6) is 0 Å². The normalized spacial score (nSPS) is 18.2. The molecule has 26 heavy (non-hydrogen) atoms. The number of carbonyl (C=O) groups excluding carboxylic acids is 2. The van der Waals surface area contributed by atoms with Crippen LogP contribution in [0.15, 0.2) is 30.3 Å². The fraction of sp³-hybridized carbons (Fsp3) is 0.600. The number of rotatable bonds is 9. The summed E-state index contributed by atoms with van der Waals surface area (Å²) in [4.78, 5) is 28.5. The fourth-order valence-corrected chi connectivity index (χ4v) is 3.35. The Kier molecular flexibility index (Phi) is 7.91. The van der Waals surface area contributed by atoms with Crippen molar-refractivity contribution >= 4 is 17.6 Å². The van der Waals surface area contributed by atoms with Gasteiger partial charge in [-0.25, -0.2) is 4.79 Å². The first-order valence-electron chi connectivity index (χ1n) is 9.68. The third-order valence-corrected chi connectivity index (χ3v) is 4.91. The number of hydrogen-bond donors (Lipinski definition) is 2. The molecule has 1 saturated heterocycles. The van der Waals surface area contributed by atoms with E-state index in [1.165, 1.54) is 0 Å². The number of nitrogens with one attached hydrogen (secondary N) is 2. The second kappa shape index (κ2) is 10.2. The maximum absolute atomic E-state index is 12.2. The summed E-state index contributed by atoms with van der Waals surface area (Å²) in [5.74, 6) is 0.0498. The molecule has 144 valence electrons. The highest BCUT2D eigenvalue weighted by atomic mass is 16.2. The molecule has 0 unspecified atom stereocenters. The SMILES string of the molecule is CCN(CC)CCC[C@@H](C)NC(=O)N[C@@H]1CC(=O)N(c2ccccc2)C1. The summed E-state index contributed by atoms with van der Waals surface area (Å²) in [6.45, 7) is 10.1. The van der Waals surface area contributed by atoms with Crippen molar-refractivity contribution in [3.63, 3.8) is 0 Å². The molecule has 6 heteroatoms. The van der Waals surface area contributed by atoms with E-state index in [2.05, 4.69) is 29.4 Å². The first-order valence-corrected chi connectivity index (χ1v) is 9.68. The van der Waals surface area contributed by atoms with Crippen LogP contribution in [-0.4, -0.2) is 55.1 Å². The summed E-state index contributed by atoms with van der Waals surface area (Å²) in [6, 6.07) is 9.36. The molecule has 1 aliphatic rings. The van der Waals surface area contributed by atoms with E-state index in [1.54, 1.807) is 4.90 Å². The van der Waals surface area contributed by atoms with Crippen molar-refractivity contribution in [3.8, 4) is 0 Å². The summed E-state index contributed by atoms with van der Waals surface area (Å²) in [6.07, 6.45) is 2.36. The van der Waals surface area contributed by atoms with Gasteiger partial charge in [0.1, 0.15) is 0 Å². The first-order chi connectivity index (χ1) is 12.5. The van der Waals surface area contributed by atoms with Crippen LogP contribution in [0, 0.1) is 0 Å². The lowest BCUT2D eigenvalue weighted by Crippen LogP contribution is -2.46. The third kappa shape index (κ3) is 6.02. The van der Waals surface area contributed by atoms with Crippen molar-refractivity contribution in [2.75, 3.05) is 31.1 Å². The summed E-state index contributed by atoms with van der Waals surface area (Å²) in [7, 11) is 0. The van der Waals surface area contributed by atoms with E-state index >= 15 is 0 Å². The summed E-state index contributed by atoms with van der Waals surface area (Å²) in [5, 5.41) is 5.93. The van der Waals surface area contributed by atoms with Gasteiger partial charge in [-0.15, -0.1) is 0 Å². The lowest BCUT2D eigenvalue weighted by Gasteiger charge is -2.21.